The summed E-state index contributed by atoms with van der Waals surface area (Å²) in [4.78, 5) is 19.3. The molecule has 4 heteroatoms. The Labute approximate surface area is 153 Å². The Morgan fingerprint density at radius 2 is 1.88 bits per heavy atom. The average molecular weight is 345 g/mol. The molecule has 3 aromatic rings. The highest BCUT2D eigenvalue weighted by molar-refractivity contribution is 6.05. The Hall–Kier alpha value is -2.88. The molecular formula is C22H23N3O. The van der Waals surface area contributed by atoms with Gasteiger partial charge in [0.15, 0.2) is 0 Å². The molecule has 4 nitrogen and oxygen atoms in total. The maximum Gasteiger partial charge on any atom is 0.273 e. The summed E-state index contributed by atoms with van der Waals surface area (Å²) in [5, 5.41) is 5.58. The van der Waals surface area contributed by atoms with Crippen LogP contribution in [-0.4, -0.2) is 34.9 Å². The van der Waals surface area contributed by atoms with E-state index >= 15 is 0 Å². The summed E-state index contributed by atoms with van der Waals surface area (Å²) in [6.45, 7) is 3.62. The van der Waals surface area contributed by atoms with Gasteiger partial charge in [0.1, 0.15) is 5.69 Å². The zero-order chi connectivity index (χ0) is 17.9. The number of carbonyl (C=O) groups excluding carboxylic acids is 1. The standard InChI is InChI=1S/C22H23N3O/c1-16-5-4-7-19(15-16)24-18-10-13-25(14-11-18)22(26)21-20-8-3-2-6-17(20)9-12-23-21/h2-9,12,15,18,24H,10-11,13-14H2,1H3. The van der Waals surface area contributed by atoms with Gasteiger partial charge in [0.05, 0.1) is 0 Å². The predicted molar refractivity (Wildman–Crippen MR) is 105 cm³/mol. The number of nitrogens with zero attached hydrogens (tertiary/aromatic N) is 2. The van der Waals surface area contributed by atoms with Gasteiger partial charge in [-0.3, -0.25) is 9.78 Å². The van der Waals surface area contributed by atoms with Gasteiger partial charge in [-0.1, -0.05) is 36.4 Å². The number of hydrogen-bond acceptors (Lipinski definition) is 3. The van der Waals surface area contributed by atoms with Gasteiger partial charge in [0.2, 0.25) is 0 Å². The number of carbonyl (C=O) groups is 1. The van der Waals surface area contributed by atoms with Gasteiger partial charge in [0.25, 0.3) is 5.91 Å². The van der Waals surface area contributed by atoms with Crippen molar-refractivity contribution in [1.29, 1.82) is 0 Å². The highest BCUT2D eigenvalue weighted by Crippen LogP contribution is 2.22. The third-order valence-electron chi connectivity index (χ3n) is 5.05. The Morgan fingerprint density at radius 1 is 1.08 bits per heavy atom. The molecule has 1 N–H and O–H groups in total. The van der Waals surface area contributed by atoms with Crippen molar-refractivity contribution < 1.29 is 4.79 Å². The summed E-state index contributed by atoms with van der Waals surface area (Å²) in [5.74, 6) is 0.0378. The summed E-state index contributed by atoms with van der Waals surface area (Å²) in [7, 11) is 0. The van der Waals surface area contributed by atoms with E-state index in [4.69, 9.17) is 0 Å². The third kappa shape index (κ3) is 3.40. The molecule has 26 heavy (non-hydrogen) atoms. The van der Waals surface area contributed by atoms with E-state index in [0.717, 1.165) is 42.4 Å². The zero-order valence-corrected chi connectivity index (χ0v) is 15.0. The molecule has 0 spiro atoms. The van der Waals surface area contributed by atoms with E-state index in [1.165, 1.54) is 5.56 Å². The van der Waals surface area contributed by atoms with Crippen LogP contribution in [0.5, 0.6) is 0 Å². The van der Waals surface area contributed by atoms with Gasteiger partial charge in [0, 0.05) is 36.4 Å². The van der Waals surface area contributed by atoms with E-state index in [1.54, 1.807) is 6.20 Å². The van der Waals surface area contributed by atoms with Gasteiger partial charge in [-0.2, -0.15) is 0 Å². The van der Waals surface area contributed by atoms with E-state index in [2.05, 4.69) is 41.5 Å². The van der Waals surface area contributed by atoms with Crippen LogP contribution in [0.4, 0.5) is 5.69 Å². The van der Waals surface area contributed by atoms with Gasteiger partial charge in [-0.25, -0.2) is 0 Å². The van der Waals surface area contributed by atoms with Gasteiger partial charge in [-0.05, 0) is 48.9 Å². The number of rotatable bonds is 3. The van der Waals surface area contributed by atoms with Crippen LogP contribution in [-0.2, 0) is 0 Å². The van der Waals surface area contributed by atoms with Crippen LogP contribution in [0, 0.1) is 6.92 Å². The third-order valence-corrected chi connectivity index (χ3v) is 5.05. The molecule has 1 saturated heterocycles. The van der Waals surface area contributed by atoms with Crippen LogP contribution in [0.2, 0.25) is 0 Å². The minimum Gasteiger partial charge on any atom is -0.382 e. The zero-order valence-electron chi connectivity index (χ0n) is 15.0. The molecule has 0 unspecified atom stereocenters. The number of pyridine rings is 1. The number of benzene rings is 2. The van der Waals surface area contributed by atoms with Crippen molar-refractivity contribution in [1.82, 2.24) is 9.88 Å². The Balaban J connectivity index is 1.43. The van der Waals surface area contributed by atoms with Crippen LogP contribution < -0.4 is 5.32 Å². The SMILES string of the molecule is Cc1cccc(NC2CCN(C(=O)c3nccc4ccccc34)CC2)c1. The van der Waals surface area contributed by atoms with E-state index in [9.17, 15) is 4.79 Å². The fourth-order valence-corrected chi connectivity index (χ4v) is 3.64. The quantitative estimate of drug-likeness (QED) is 0.771. The largest absolute Gasteiger partial charge is 0.382 e. The van der Waals surface area contributed by atoms with Crippen LogP contribution in [0.1, 0.15) is 28.9 Å². The molecule has 1 aliphatic rings. The number of aryl methyl sites for hydroxylation is 1. The predicted octanol–water partition coefficient (Wildman–Crippen LogP) is 4.26. The highest BCUT2D eigenvalue weighted by atomic mass is 16.2. The summed E-state index contributed by atoms with van der Waals surface area (Å²) in [6, 6.07) is 18.7. The van der Waals surface area contributed by atoms with Gasteiger partial charge < -0.3 is 10.2 Å². The second-order valence-electron chi connectivity index (χ2n) is 6.96. The van der Waals surface area contributed by atoms with E-state index in [-0.39, 0.29) is 5.91 Å². The molecule has 4 rings (SSSR count). The van der Waals surface area contributed by atoms with E-state index < -0.39 is 0 Å². The number of nitrogens with one attached hydrogen (secondary N) is 1. The van der Waals surface area contributed by atoms with Crippen molar-refractivity contribution in [3.63, 3.8) is 0 Å². The first-order chi connectivity index (χ1) is 12.7. The molecule has 0 saturated carbocycles. The Bertz CT molecular complexity index is 924. The molecule has 132 valence electrons. The second-order valence-corrected chi connectivity index (χ2v) is 6.96. The highest BCUT2D eigenvalue weighted by Gasteiger charge is 2.25. The van der Waals surface area contributed by atoms with Gasteiger partial charge >= 0.3 is 0 Å². The van der Waals surface area contributed by atoms with Crippen molar-refractivity contribution in [3.8, 4) is 0 Å². The Morgan fingerprint density at radius 3 is 2.69 bits per heavy atom. The normalized spacial score (nSPS) is 15.2. The molecule has 2 heterocycles. The van der Waals surface area contributed by atoms with Crippen molar-refractivity contribution in [3.05, 3.63) is 72.1 Å². The molecule has 2 aromatic carbocycles. The minimum atomic E-state index is 0.0378. The van der Waals surface area contributed by atoms with Crippen molar-refractivity contribution >= 4 is 22.4 Å². The molecule has 1 amide bonds. The Kier molecular flexibility index (Phi) is 4.57. The summed E-state index contributed by atoms with van der Waals surface area (Å²) < 4.78 is 0. The maximum absolute atomic E-state index is 13.0. The van der Waals surface area contributed by atoms with Crippen LogP contribution >= 0.6 is 0 Å². The maximum atomic E-state index is 13.0. The molecule has 0 bridgehead atoms. The lowest BCUT2D eigenvalue weighted by Gasteiger charge is -2.33. The summed E-state index contributed by atoms with van der Waals surface area (Å²) in [5.41, 5.74) is 2.98. The van der Waals surface area contributed by atoms with Crippen molar-refractivity contribution in [2.24, 2.45) is 0 Å². The number of aromatic nitrogens is 1. The van der Waals surface area contributed by atoms with E-state index in [1.807, 2.05) is 35.2 Å². The van der Waals surface area contributed by atoms with Crippen LogP contribution in [0.3, 0.4) is 0 Å². The van der Waals surface area contributed by atoms with Gasteiger partial charge in [-0.15, -0.1) is 0 Å². The van der Waals surface area contributed by atoms with Crippen LogP contribution in [0.25, 0.3) is 10.8 Å². The van der Waals surface area contributed by atoms with Crippen molar-refractivity contribution in [2.75, 3.05) is 18.4 Å². The average Bonchev–Trinajstić information content (AvgIpc) is 2.68. The monoisotopic (exact) mass is 345 g/mol. The molecule has 1 aliphatic heterocycles. The molecule has 1 fully saturated rings. The summed E-state index contributed by atoms with van der Waals surface area (Å²) >= 11 is 0. The molecule has 0 aliphatic carbocycles. The van der Waals surface area contributed by atoms with E-state index in [0.29, 0.717) is 11.7 Å². The fourth-order valence-electron chi connectivity index (χ4n) is 3.64. The number of piperidine rings is 1. The summed E-state index contributed by atoms with van der Waals surface area (Å²) in [6.07, 6.45) is 3.62. The number of amides is 1. The number of fused-ring (bicyclic) bond motifs is 1. The van der Waals surface area contributed by atoms with Crippen LogP contribution in [0.15, 0.2) is 60.8 Å². The number of likely N-dealkylation sites (tertiary alicyclic amines) is 1. The first-order valence-corrected chi connectivity index (χ1v) is 9.17. The number of hydrogen-bond donors (Lipinski definition) is 1. The fraction of sp³-hybridized carbons (Fsp3) is 0.273. The number of anilines is 1. The second kappa shape index (κ2) is 7.16. The lowest BCUT2D eigenvalue weighted by Crippen LogP contribution is -2.42. The lowest BCUT2D eigenvalue weighted by molar-refractivity contribution is 0.0715. The van der Waals surface area contributed by atoms with Crippen molar-refractivity contribution in [2.45, 2.75) is 25.8 Å². The first-order valence-electron chi connectivity index (χ1n) is 9.17. The first kappa shape index (κ1) is 16.6. The lowest BCUT2D eigenvalue weighted by atomic mass is 10.0. The molecule has 0 radical (unpaired) electrons. The minimum absolute atomic E-state index is 0.0378. The molecule has 0 atom stereocenters. The molecule has 1 aromatic heterocycles. The smallest absolute Gasteiger partial charge is 0.273 e. The topological polar surface area (TPSA) is 45.2 Å². The molecular weight excluding hydrogens is 322 g/mol.